The maximum atomic E-state index is 12.3. The molecule has 1 heterocycles. The minimum absolute atomic E-state index is 0.143. The molecule has 0 radical (unpaired) electrons. The molecule has 1 fully saturated rings. The predicted octanol–water partition coefficient (Wildman–Crippen LogP) is 3.78. The average molecular weight is 398 g/mol. The van der Waals surface area contributed by atoms with Crippen LogP contribution < -0.4 is 20.1 Å². The number of carbonyl (C=O) groups excluding carboxylic acids is 2. The van der Waals surface area contributed by atoms with E-state index in [9.17, 15) is 9.59 Å². The summed E-state index contributed by atoms with van der Waals surface area (Å²) in [4.78, 5) is 24.1. The summed E-state index contributed by atoms with van der Waals surface area (Å²) in [6.07, 6.45) is 2.77. The van der Waals surface area contributed by atoms with Gasteiger partial charge in [0.15, 0.2) is 17.0 Å². The van der Waals surface area contributed by atoms with Crippen molar-refractivity contribution in [3.05, 3.63) is 58.5 Å². The van der Waals surface area contributed by atoms with Crippen molar-refractivity contribution in [3.8, 4) is 11.5 Å². The van der Waals surface area contributed by atoms with Crippen LogP contribution in [0, 0.1) is 0 Å². The largest absolute Gasteiger partial charge is 0.493 e. The summed E-state index contributed by atoms with van der Waals surface area (Å²) >= 11 is 1.41. The van der Waals surface area contributed by atoms with Gasteiger partial charge in [-0.2, -0.15) is 0 Å². The van der Waals surface area contributed by atoms with Crippen molar-refractivity contribution in [1.82, 2.24) is 5.32 Å². The topological polar surface area (TPSA) is 76.7 Å². The van der Waals surface area contributed by atoms with Gasteiger partial charge in [0, 0.05) is 12.6 Å². The molecule has 0 saturated carbocycles. The first-order valence-corrected chi connectivity index (χ1v) is 9.77. The van der Waals surface area contributed by atoms with Crippen LogP contribution in [-0.4, -0.2) is 24.5 Å². The molecule has 0 bridgehead atoms. The Bertz CT molecular complexity index is 909. The molecule has 2 aromatic carbocycles. The first kappa shape index (κ1) is 19.8. The third-order valence-corrected chi connectivity index (χ3v) is 5.16. The molecule has 2 N–H and O–H groups in total. The average Bonchev–Trinajstić information content (AvgIpc) is 3.02. The Morgan fingerprint density at radius 2 is 1.96 bits per heavy atom. The molecular weight excluding hydrogens is 376 g/mol. The number of thioether (sulfide) groups is 1. The smallest absolute Gasteiger partial charge is 0.308 e. The summed E-state index contributed by atoms with van der Waals surface area (Å²) in [6.45, 7) is 3.44. The third kappa shape index (κ3) is 4.86. The Hall–Kier alpha value is -2.93. The third-order valence-electron chi connectivity index (χ3n) is 4.13. The van der Waals surface area contributed by atoms with Crippen LogP contribution >= 0.6 is 11.8 Å². The molecule has 2 aromatic rings. The van der Waals surface area contributed by atoms with E-state index >= 15 is 0 Å². The molecule has 6 nitrogen and oxygen atoms in total. The number of ether oxygens (including phenoxy) is 2. The van der Waals surface area contributed by atoms with Crippen LogP contribution in [0.25, 0.3) is 6.08 Å². The van der Waals surface area contributed by atoms with Crippen molar-refractivity contribution in [2.45, 2.75) is 25.8 Å². The summed E-state index contributed by atoms with van der Waals surface area (Å²) in [5.74, 6) is 0.209. The molecule has 3 rings (SSSR count). The second kappa shape index (κ2) is 8.84. The molecule has 1 atom stereocenters. The molecule has 1 saturated heterocycles. The van der Waals surface area contributed by atoms with Crippen molar-refractivity contribution >= 4 is 35.4 Å². The van der Waals surface area contributed by atoms with Crippen molar-refractivity contribution in [2.24, 2.45) is 0 Å². The number of hydrogen-bond donors (Lipinski definition) is 2. The van der Waals surface area contributed by atoms with Gasteiger partial charge in [-0.1, -0.05) is 36.9 Å². The van der Waals surface area contributed by atoms with Crippen molar-refractivity contribution in [2.75, 3.05) is 12.4 Å². The Kier molecular flexibility index (Phi) is 6.26. The molecule has 0 aliphatic carbocycles. The number of methoxy groups -OCH3 is 1. The van der Waals surface area contributed by atoms with Gasteiger partial charge in [0.1, 0.15) is 0 Å². The summed E-state index contributed by atoms with van der Waals surface area (Å²) in [5.41, 5.74) is 2.75. The van der Waals surface area contributed by atoms with Crippen LogP contribution in [0.3, 0.4) is 0 Å². The molecule has 0 spiro atoms. The van der Waals surface area contributed by atoms with Gasteiger partial charge >= 0.3 is 5.97 Å². The lowest BCUT2D eigenvalue weighted by molar-refractivity contribution is -0.132. The molecule has 0 aromatic heterocycles. The van der Waals surface area contributed by atoms with E-state index in [0.29, 0.717) is 16.4 Å². The number of rotatable bonds is 6. The van der Waals surface area contributed by atoms with E-state index in [-0.39, 0.29) is 11.4 Å². The predicted molar refractivity (Wildman–Crippen MR) is 111 cm³/mol. The Labute approximate surface area is 168 Å². The number of carbonyl (C=O) groups is 2. The highest BCUT2D eigenvalue weighted by molar-refractivity contribution is 8.05. The molecule has 1 aliphatic heterocycles. The van der Waals surface area contributed by atoms with Gasteiger partial charge in [-0.25, -0.2) is 0 Å². The van der Waals surface area contributed by atoms with E-state index in [1.807, 2.05) is 12.1 Å². The van der Waals surface area contributed by atoms with E-state index in [2.05, 4.69) is 29.7 Å². The maximum Gasteiger partial charge on any atom is 0.308 e. The van der Waals surface area contributed by atoms with E-state index in [4.69, 9.17) is 9.47 Å². The zero-order valence-corrected chi connectivity index (χ0v) is 16.8. The van der Waals surface area contributed by atoms with Gasteiger partial charge in [0.05, 0.1) is 12.0 Å². The number of nitrogens with one attached hydrogen (secondary N) is 2. The number of esters is 1. The lowest BCUT2D eigenvalue weighted by atomic mass is 10.1. The van der Waals surface area contributed by atoms with Gasteiger partial charge in [-0.15, -0.1) is 0 Å². The number of anilines is 1. The van der Waals surface area contributed by atoms with Gasteiger partial charge in [0.25, 0.3) is 5.91 Å². The second-order valence-corrected chi connectivity index (χ2v) is 7.33. The molecule has 146 valence electrons. The second-order valence-electron chi connectivity index (χ2n) is 6.18. The van der Waals surface area contributed by atoms with Crippen molar-refractivity contribution < 1.29 is 19.1 Å². The van der Waals surface area contributed by atoms with Crippen LogP contribution in [0.15, 0.2) is 47.4 Å². The first-order valence-electron chi connectivity index (χ1n) is 8.89. The number of hydrogen-bond acceptors (Lipinski definition) is 6. The molecule has 0 unspecified atom stereocenters. The van der Waals surface area contributed by atoms with Crippen molar-refractivity contribution in [3.63, 3.8) is 0 Å². The highest BCUT2D eigenvalue weighted by Gasteiger charge is 2.27. The lowest BCUT2D eigenvalue weighted by Gasteiger charge is -2.12. The van der Waals surface area contributed by atoms with Crippen LogP contribution in [0.4, 0.5) is 5.69 Å². The maximum absolute atomic E-state index is 12.3. The summed E-state index contributed by atoms with van der Waals surface area (Å²) in [6, 6.07) is 13.3. The van der Waals surface area contributed by atoms with Gasteiger partial charge in [0.2, 0.25) is 0 Å². The highest BCUT2D eigenvalue weighted by Crippen LogP contribution is 2.33. The summed E-state index contributed by atoms with van der Waals surface area (Å²) < 4.78 is 10.4. The van der Waals surface area contributed by atoms with E-state index in [0.717, 1.165) is 17.7 Å². The molecule has 1 amide bonds. The molecule has 28 heavy (non-hydrogen) atoms. The van der Waals surface area contributed by atoms with Crippen LogP contribution in [0.1, 0.15) is 25.0 Å². The minimum Gasteiger partial charge on any atom is -0.493 e. The summed E-state index contributed by atoms with van der Waals surface area (Å²) in [7, 11) is 1.50. The minimum atomic E-state index is -0.420. The number of benzene rings is 2. The van der Waals surface area contributed by atoms with E-state index in [1.54, 1.807) is 24.3 Å². The standard InChI is InChI=1S/C21H22N2O4S/c1-4-14-5-8-16(9-6-14)22-21-23-20(25)19(28-21)12-15-7-10-17(27-13(2)24)18(11-15)26-3/h5-12,21-22H,4H2,1-3H3,(H,23,25)/b19-12-/t21-/m0/s1. The fraction of sp³-hybridized carbons (Fsp3) is 0.238. The fourth-order valence-electron chi connectivity index (χ4n) is 2.72. The lowest BCUT2D eigenvalue weighted by Crippen LogP contribution is -2.30. The first-order chi connectivity index (χ1) is 13.5. The van der Waals surface area contributed by atoms with Gasteiger partial charge < -0.3 is 20.1 Å². The van der Waals surface area contributed by atoms with Gasteiger partial charge in [-0.05, 0) is 47.9 Å². The normalized spacial score (nSPS) is 17.3. The molecule has 1 aliphatic rings. The Morgan fingerprint density at radius 3 is 2.61 bits per heavy atom. The van der Waals surface area contributed by atoms with Gasteiger partial charge in [-0.3, -0.25) is 9.59 Å². The Morgan fingerprint density at radius 1 is 1.21 bits per heavy atom. The SMILES string of the molecule is CCc1ccc(N[C@H]2NC(=O)/C(=C/c3ccc(OC(C)=O)c(OC)c3)S2)cc1. The van der Waals surface area contributed by atoms with Crippen LogP contribution in [-0.2, 0) is 16.0 Å². The number of amides is 1. The zero-order chi connectivity index (χ0) is 20.1. The van der Waals surface area contributed by atoms with E-state index in [1.165, 1.54) is 31.4 Å². The van der Waals surface area contributed by atoms with E-state index < -0.39 is 5.97 Å². The Balaban J connectivity index is 1.72. The highest BCUT2D eigenvalue weighted by atomic mass is 32.2. The monoisotopic (exact) mass is 398 g/mol. The van der Waals surface area contributed by atoms with Crippen LogP contribution in [0.5, 0.6) is 11.5 Å². The summed E-state index contributed by atoms with van der Waals surface area (Å²) in [5, 5.41) is 6.21. The fourth-order valence-corrected chi connectivity index (χ4v) is 3.70. The molecule has 7 heteroatoms. The molecular formula is C21H22N2O4S. The zero-order valence-electron chi connectivity index (χ0n) is 15.9. The number of aryl methyl sites for hydroxylation is 1. The van der Waals surface area contributed by atoms with Crippen molar-refractivity contribution in [1.29, 1.82) is 0 Å². The van der Waals surface area contributed by atoms with Crippen LogP contribution in [0.2, 0.25) is 0 Å². The quantitative estimate of drug-likeness (QED) is 0.438.